The molecule has 1 fully saturated rings. The van der Waals surface area contributed by atoms with E-state index in [9.17, 15) is 13.2 Å². The van der Waals surface area contributed by atoms with Crippen molar-refractivity contribution in [3.05, 3.63) is 71.0 Å². The summed E-state index contributed by atoms with van der Waals surface area (Å²) in [5.74, 6) is -0.843. The summed E-state index contributed by atoms with van der Waals surface area (Å²) in [5, 5.41) is 6.36. The standard InChI is InChI=1S/C22H27F3N4O.HI/c1-26-22(27-10-9-18-19(24)3-2-4-20(18)25)28-15-21(29-11-13-30-14-12-29)16-5-7-17(23)8-6-16;/h2-8,21H,9-15H2,1H3,(H2,26,27,28);1H. The Balaban J connectivity index is 0.00000341. The van der Waals surface area contributed by atoms with Crippen molar-refractivity contribution in [2.75, 3.05) is 46.4 Å². The van der Waals surface area contributed by atoms with Gasteiger partial charge in [-0.25, -0.2) is 13.2 Å². The number of benzene rings is 2. The van der Waals surface area contributed by atoms with Crippen molar-refractivity contribution in [1.29, 1.82) is 0 Å². The van der Waals surface area contributed by atoms with Crippen LogP contribution in [0.2, 0.25) is 0 Å². The first-order valence-electron chi connectivity index (χ1n) is 10.0. The number of aliphatic imine (C=N–C) groups is 1. The lowest BCUT2D eigenvalue weighted by Crippen LogP contribution is -2.46. The second-order valence-electron chi connectivity index (χ2n) is 7.05. The number of hydrogen-bond donors (Lipinski definition) is 2. The number of nitrogens with one attached hydrogen (secondary N) is 2. The SMILES string of the molecule is CN=C(NCCc1c(F)cccc1F)NCC(c1ccc(F)cc1)N1CCOCC1.I. The second-order valence-corrected chi connectivity index (χ2v) is 7.05. The number of halogens is 4. The molecule has 0 aromatic heterocycles. The van der Waals surface area contributed by atoms with E-state index in [4.69, 9.17) is 4.74 Å². The molecule has 0 saturated carbocycles. The van der Waals surface area contributed by atoms with Crippen molar-refractivity contribution in [2.45, 2.75) is 12.5 Å². The molecule has 9 heteroatoms. The summed E-state index contributed by atoms with van der Waals surface area (Å²) in [6, 6.07) is 10.4. The van der Waals surface area contributed by atoms with E-state index in [1.165, 1.54) is 30.3 Å². The highest BCUT2D eigenvalue weighted by molar-refractivity contribution is 14.0. The summed E-state index contributed by atoms with van der Waals surface area (Å²) in [5.41, 5.74) is 1.05. The molecule has 1 aliphatic heterocycles. The first kappa shape index (κ1) is 25.4. The fourth-order valence-corrected chi connectivity index (χ4v) is 3.52. The molecule has 0 amide bonds. The van der Waals surface area contributed by atoms with Crippen LogP contribution < -0.4 is 10.6 Å². The smallest absolute Gasteiger partial charge is 0.191 e. The summed E-state index contributed by atoms with van der Waals surface area (Å²) in [6.07, 6.45) is 0.198. The molecule has 2 N–H and O–H groups in total. The van der Waals surface area contributed by atoms with Gasteiger partial charge in [-0.05, 0) is 36.2 Å². The van der Waals surface area contributed by atoms with Gasteiger partial charge in [-0.1, -0.05) is 18.2 Å². The maximum atomic E-state index is 13.8. The van der Waals surface area contributed by atoms with Crippen LogP contribution in [0.1, 0.15) is 17.2 Å². The van der Waals surface area contributed by atoms with Crippen LogP contribution in [0.3, 0.4) is 0 Å². The van der Waals surface area contributed by atoms with Gasteiger partial charge in [-0.3, -0.25) is 9.89 Å². The number of nitrogens with zero attached hydrogens (tertiary/aromatic N) is 2. The van der Waals surface area contributed by atoms with Crippen LogP contribution in [0.25, 0.3) is 0 Å². The van der Waals surface area contributed by atoms with E-state index in [1.54, 1.807) is 19.2 Å². The Kier molecular flexibility index (Phi) is 10.6. The van der Waals surface area contributed by atoms with E-state index < -0.39 is 11.6 Å². The molecule has 0 radical (unpaired) electrons. The van der Waals surface area contributed by atoms with E-state index in [1.807, 2.05) is 0 Å². The zero-order valence-electron chi connectivity index (χ0n) is 17.4. The highest BCUT2D eigenvalue weighted by Gasteiger charge is 2.23. The highest BCUT2D eigenvalue weighted by atomic mass is 127. The molecule has 0 spiro atoms. The third-order valence-corrected chi connectivity index (χ3v) is 5.16. The van der Waals surface area contributed by atoms with E-state index in [0.717, 1.165) is 18.7 Å². The molecular weight excluding hydrogens is 520 g/mol. The number of rotatable bonds is 7. The van der Waals surface area contributed by atoms with Crippen LogP contribution >= 0.6 is 24.0 Å². The molecule has 0 aliphatic carbocycles. The minimum atomic E-state index is -0.552. The molecule has 2 aromatic carbocycles. The molecule has 5 nitrogen and oxygen atoms in total. The largest absolute Gasteiger partial charge is 0.379 e. The van der Waals surface area contributed by atoms with Gasteiger partial charge in [0.25, 0.3) is 0 Å². The van der Waals surface area contributed by atoms with Gasteiger partial charge in [0.1, 0.15) is 17.5 Å². The van der Waals surface area contributed by atoms with Gasteiger partial charge in [-0.15, -0.1) is 24.0 Å². The van der Waals surface area contributed by atoms with E-state index in [0.29, 0.717) is 32.3 Å². The first-order valence-corrected chi connectivity index (χ1v) is 10.0. The monoisotopic (exact) mass is 548 g/mol. The van der Waals surface area contributed by atoms with Crippen LogP contribution in [0.15, 0.2) is 47.5 Å². The highest BCUT2D eigenvalue weighted by Crippen LogP contribution is 2.21. The van der Waals surface area contributed by atoms with E-state index >= 15 is 0 Å². The normalized spacial score (nSPS) is 15.8. The number of hydrogen-bond acceptors (Lipinski definition) is 3. The fourth-order valence-electron chi connectivity index (χ4n) is 3.52. The van der Waals surface area contributed by atoms with Crippen LogP contribution in [-0.2, 0) is 11.2 Å². The molecule has 170 valence electrons. The van der Waals surface area contributed by atoms with Gasteiger partial charge in [0.15, 0.2) is 5.96 Å². The van der Waals surface area contributed by atoms with Crippen LogP contribution in [0.4, 0.5) is 13.2 Å². The lowest BCUT2D eigenvalue weighted by molar-refractivity contribution is 0.0170. The van der Waals surface area contributed by atoms with Crippen LogP contribution in [-0.4, -0.2) is 57.3 Å². The fraction of sp³-hybridized carbons (Fsp3) is 0.409. The Morgan fingerprint density at radius 3 is 2.29 bits per heavy atom. The molecule has 1 saturated heterocycles. The minimum Gasteiger partial charge on any atom is -0.379 e. The van der Waals surface area contributed by atoms with Crippen molar-refractivity contribution < 1.29 is 17.9 Å². The van der Waals surface area contributed by atoms with Gasteiger partial charge in [0, 0.05) is 38.8 Å². The summed E-state index contributed by atoms with van der Waals surface area (Å²) >= 11 is 0. The minimum absolute atomic E-state index is 0. The van der Waals surface area contributed by atoms with Crippen LogP contribution in [0, 0.1) is 17.5 Å². The summed E-state index contributed by atoms with van der Waals surface area (Å²) in [4.78, 5) is 6.48. The maximum absolute atomic E-state index is 13.8. The Bertz CT molecular complexity index is 825. The maximum Gasteiger partial charge on any atom is 0.191 e. The predicted molar refractivity (Wildman–Crippen MR) is 126 cm³/mol. The molecule has 1 heterocycles. The average Bonchev–Trinajstić information content (AvgIpc) is 2.76. The molecule has 1 aliphatic rings. The van der Waals surface area contributed by atoms with E-state index in [2.05, 4.69) is 20.5 Å². The van der Waals surface area contributed by atoms with Crippen molar-refractivity contribution in [3.8, 4) is 0 Å². The Labute approximate surface area is 198 Å². The van der Waals surface area contributed by atoms with Crippen molar-refractivity contribution in [3.63, 3.8) is 0 Å². The molecule has 3 rings (SSSR count). The molecular formula is C22H28F3IN4O. The third-order valence-electron chi connectivity index (χ3n) is 5.16. The zero-order chi connectivity index (χ0) is 21.3. The molecule has 1 unspecified atom stereocenters. The van der Waals surface area contributed by atoms with Gasteiger partial charge in [0.2, 0.25) is 0 Å². The average molecular weight is 548 g/mol. The lowest BCUT2D eigenvalue weighted by atomic mass is 10.0. The van der Waals surface area contributed by atoms with E-state index in [-0.39, 0.29) is 47.8 Å². The van der Waals surface area contributed by atoms with Crippen molar-refractivity contribution in [2.24, 2.45) is 4.99 Å². The van der Waals surface area contributed by atoms with Gasteiger partial charge in [-0.2, -0.15) is 0 Å². The summed E-state index contributed by atoms with van der Waals surface area (Å²) in [7, 11) is 1.64. The third kappa shape index (κ3) is 7.36. The molecule has 1 atom stereocenters. The summed E-state index contributed by atoms with van der Waals surface area (Å²) < 4.78 is 46.4. The van der Waals surface area contributed by atoms with Crippen LogP contribution in [0.5, 0.6) is 0 Å². The van der Waals surface area contributed by atoms with Crippen molar-refractivity contribution >= 4 is 29.9 Å². The van der Waals surface area contributed by atoms with Crippen molar-refractivity contribution in [1.82, 2.24) is 15.5 Å². The van der Waals surface area contributed by atoms with Gasteiger partial charge in [0.05, 0.1) is 19.3 Å². The summed E-state index contributed by atoms with van der Waals surface area (Å²) in [6.45, 7) is 3.73. The number of guanidine groups is 1. The number of morpholine rings is 1. The molecule has 31 heavy (non-hydrogen) atoms. The second kappa shape index (κ2) is 12.9. The Morgan fingerprint density at radius 1 is 1.03 bits per heavy atom. The van der Waals surface area contributed by atoms with Gasteiger partial charge >= 0.3 is 0 Å². The first-order chi connectivity index (χ1) is 14.6. The Hall–Kier alpha value is -1.85. The molecule has 2 aromatic rings. The topological polar surface area (TPSA) is 48.9 Å². The quantitative estimate of drug-likeness (QED) is 0.316. The molecule has 0 bridgehead atoms. The number of ether oxygens (including phenoxy) is 1. The lowest BCUT2D eigenvalue weighted by Gasteiger charge is -2.35. The predicted octanol–water partition coefficient (Wildman–Crippen LogP) is 3.50. The van der Waals surface area contributed by atoms with Gasteiger partial charge < -0.3 is 15.4 Å². The zero-order valence-corrected chi connectivity index (χ0v) is 19.7. The Morgan fingerprint density at radius 2 is 1.68 bits per heavy atom.